The summed E-state index contributed by atoms with van der Waals surface area (Å²) in [5.41, 5.74) is 2.52. The highest BCUT2D eigenvalue weighted by atomic mass is 32.2. The first-order valence-electron chi connectivity index (χ1n) is 10.7. The second-order valence-corrected chi connectivity index (χ2v) is 10.1. The topological polar surface area (TPSA) is 76.6 Å². The summed E-state index contributed by atoms with van der Waals surface area (Å²) in [5.74, 6) is -0.845. The molecule has 1 aliphatic rings. The van der Waals surface area contributed by atoms with E-state index in [0.717, 1.165) is 0 Å². The molecule has 6 nitrogen and oxygen atoms in total. The Hall–Kier alpha value is -3.26. The molecule has 1 aromatic heterocycles. The van der Waals surface area contributed by atoms with Crippen molar-refractivity contribution in [3.05, 3.63) is 77.2 Å². The van der Waals surface area contributed by atoms with Crippen molar-refractivity contribution in [1.29, 1.82) is 0 Å². The summed E-state index contributed by atoms with van der Waals surface area (Å²) in [6, 6.07) is 14.0. The van der Waals surface area contributed by atoms with Crippen LogP contribution in [0.3, 0.4) is 0 Å². The van der Waals surface area contributed by atoms with E-state index in [-0.39, 0.29) is 22.9 Å². The number of hydrogen-bond acceptors (Lipinski definition) is 5. The normalized spacial score (nSPS) is 13.7. The predicted octanol–water partition coefficient (Wildman–Crippen LogP) is 4.94. The van der Waals surface area contributed by atoms with Gasteiger partial charge in [-0.1, -0.05) is 44.2 Å². The lowest BCUT2D eigenvalue weighted by Gasteiger charge is -2.32. The maximum atomic E-state index is 13.7. The van der Waals surface area contributed by atoms with Crippen molar-refractivity contribution >= 4 is 21.8 Å². The van der Waals surface area contributed by atoms with Gasteiger partial charge in [0.05, 0.1) is 23.3 Å². The number of halogens is 1. The fraction of sp³-hybridized carbons (Fsp3) is 0.280. The number of carbonyl (C=O) groups is 1. The zero-order chi connectivity index (χ0) is 23.8. The molecule has 0 saturated carbocycles. The molecular weight excluding hydrogens is 443 g/mol. The summed E-state index contributed by atoms with van der Waals surface area (Å²) in [7, 11) is -2.57. The van der Waals surface area contributed by atoms with Crippen molar-refractivity contribution in [1.82, 2.24) is 4.98 Å². The SMILES string of the molecule is COC(=O)c1c(C(C)C)nc2c(c1-c1ccc(F)cc1)CCCN2S(=O)(=O)c1ccccc1. The van der Waals surface area contributed by atoms with E-state index in [1.54, 1.807) is 42.5 Å². The number of sulfonamides is 1. The second-order valence-electron chi connectivity index (χ2n) is 8.20. The highest BCUT2D eigenvalue weighted by Gasteiger charge is 2.35. The van der Waals surface area contributed by atoms with Gasteiger partial charge < -0.3 is 4.74 Å². The van der Waals surface area contributed by atoms with Crippen LogP contribution in [0.25, 0.3) is 11.1 Å². The zero-order valence-corrected chi connectivity index (χ0v) is 19.5. The van der Waals surface area contributed by atoms with Crippen molar-refractivity contribution in [3.8, 4) is 11.1 Å². The molecule has 8 heteroatoms. The van der Waals surface area contributed by atoms with Gasteiger partial charge in [-0.15, -0.1) is 0 Å². The van der Waals surface area contributed by atoms with Crippen LogP contribution in [0.1, 0.15) is 47.8 Å². The van der Waals surface area contributed by atoms with Gasteiger partial charge in [-0.05, 0) is 48.6 Å². The number of anilines is 1. The number of methoxy groups -OCH3 is 1. The molecule has 0 atom stereocenters. The number of ether oxygens (including phenoxy) is 1. The van der Waals surface area contributed by atoms with Crippen LogP contribution in [0.5, 0.6) is 0 Å². The summed E-state index contributed by atoms with van der Waals surface area (Å²) in [4.78, 5) is 17.8. The molecule has 2 aromatic carbocycles. The standard InChI is InChI=1S/C25H25FN2O4S/c1-16(2)23-22(25(29)32-3)21(17-11-13-18(26)14-12-17)20-10-7-15-28(24(20)27-23)33(30,31)19-8-5-4-6-9-19/h4-6,8-9,11-14,16H,7,10,15H2,1-3H3. The zero-order valence-electron chi connectivity index (χ0n) is 18.7. The number of fused-ring (bicyclic) bond motifs is 1. The molecule has 0 unspecified atom stereocenters. The van der Waals surface area contributed by atoms with E-state index >= 15 is 0 Å². The Bertz CT molecular complexity index is 1290. The first kappa shape index (κ1) is 22.9. The molecule has 0 N–H and O–H groups in total. The van der Waals surface area contributed by atoms with Crippen LogP contribution in [-0.2, 0) is 21.2 Å². The van der Waals surface area contributed by atoms with Gasteiger partial charge in [-0.2, -0.15) is 0 Å². The van der Waals surface area contributed by atoms with Crippen molar-refractivity contribution in [2.75, 3.05) is 18.0 Å². The number of hydrogen-bond donors (Lipinski definition) is 0. The van der Waals surface area contributed by atoms with Crippen LogP contribution < -0.4 is 4.31 Å². The summed E-state index contributed by atoms with van der Waals surface area (Å²) in [5, 5.41) is 0. The van der Waals surface area contributed by atoms with Gasteiger partial charge in [0.25, 0.3) is 10.0 Å². The van der Waals surface area contributed by atoms with E-state index in [4.69, 9.17) is 9.72 Å². The minimum absolute atomic E-state index is 0.172. The van der Waals surface area contributed by atoms with Crippen LogP contribution >= 0.6 is 0 Å². The van der Waals surface area contributed by atoms with Gasteiger partial charge in [-0.3, -0.25) is 0 Å². The van der Waals surface area contributed by atoms with Crippen LogP contribution in [0.15, 0.2) is 59.5 Å². The van der Waals surface area contributed by atoms with E-state index in [1.165, 1.54) is 23.5 Å². The summed E-state index contributed by atoms with van der Waals surface area (Å²) >= 11 is 0. The van der Waals surface area contributed by atoms with Gasteiger partial charge in [-0.25, -0.2) is 26.9 Å². The molecular formula is C25H25FN2O4S. The Labute approximate surface area is 193 Å². The quantitative estimate of drug-likeness (QED) is 0.496. The van der Waals surface area contributed by atoms with Crippen molar-refractivity contribution in [2.24, 2.45) is 0 Å². The molecule has 0 saturated heterocycles. The van der Waals surface area contributed by atoms with Gasteiger partial charge in [0.15, 0.2) is 0 Å². The highest BCUT2D eigenvalue weighted by molar-refractivity contribution is 7.92. The average Bonchev–Trinajstić information content (AvgIpc) is 2.83. The number of benzene rings is 2. The smallest absolute Gasteiger partial charge is 0.340 e. The third kappa shape index (κ3) is 4.11. The number of pyridine rings is 1. The molecule has 172 valence electrons. The van der Waals surface area contributed by atoms with E-state index in [0.29, 0.717) is 41.0 Å². The first-order chi connectivity index (χ1) is 15.8. The lowest BCUT2D eigenvalue weighted by Crippen LogP contribution is -2.37. The van der Waals surface area contributed by atoms with E-state index in [2.05, 4.69) is 0 Å². The molecule has 0 aliphatic carbocycles. The lowest BCUT2D eigenvalue weighted by molar-refractivity contribution is 0.0599. The predicted molar refractivity (Wildman–Crippen MR) is 124 cm³/mol. The number of carbonyl (C=O) groups excluding carboxylic acids is 1. The van der Waals surface area contributed by atoms with Crippen LogP contribution in [0.2, 0.25) is 0 Å². The van der Waals surface area contributed by atoms with Crippen LogP contribution in [0.4, 0.5) is 10.2 Å². The molecule has 3 aromatic rings. The fourth-order valence-electron chi connectivity index (χ4n) is 4.19. The molecule has 1 aliphatic heterocycles. The minimum Gasteiger partial charge on any atom is -0.465 e. The van der Waals surface area contributed by atoms with Crippen LogP contribution in [-0.4, -0.2) is 33.0 Å². The minimum atomic E-state index is -3.87. The lowest BCUT2D eigenvalue weighted by atomic mass is 9.88. The highest BCUT2D eigenvalue weighted by Crippen LogP contribution is 2.41. The Morgan fingerprint density at radius 2 is 1.76 bits per heavy atom. The first-order valence-corrected chi connectivity index (χ1v) is 12.2. The molecule has 4 rings (SSSR count). The van der Waals surface area contributed by atoms with E-state index in [1.807, 2.05) is 13.8 Å². The Morgan fingerprint density at radius 1 is 1.09 bits per heavy atom. The van der Waals surface area contributed by atoms with Crippen molar-refractivity contribution in [2.45, 2.75) is 37.5 Å². The number of rotatable bonds is 5. The third-order valence-electron chi connectivity index (χ3n) is 5.73. The molecule has 0 radical (unpaired) electrons. The van der Waals surface area contributed by atoms with Gasteiger partial charge in [0.2, 0.25) is 0 Å². The van der Waals surface area contributed by atoms with Crippen molar-refractivity contribution < 1.29 is 22.3 Å². The summed E-state index contributed by atoms with van der Waals surface area (Å²) in [6.45, 7) is 4.04. The number of aromatic nitrogens is 1. The summed E-state index contributed by atoms with van der Waals surface area (Å²) in [6.07, 6.45) is 1.08. The summed E-state index contributed by atoms with van der Waals surface area (Å²) < 4.78 is 47.2. The van der Waals surface area contributed by atoms with E-state index < -0.39 is 21.8 Å². The molecule has 0 amide bonds. The molecule has 2 heterocycles. The fourth-order valence-corrected chi connectivity index (χ4v) is 5.70. The largest absolute Gasteiger partial charge is 0.465 e. The van der Waals surface area contributed by atoms with Gasteiger partial charge in [0, 0.05) is 17.7 Å². The molecule has 0 fully saturated rings. The molecule has 0 spiro atoms. The maximum Gasteiger partial charge on any atom is 0.340 e. The van der Waals surface area contributed by atoms with Gasteiger partial charge in [0.1, 0.15) is 11.6 Å². The number of esters is 1. The Balaban J connectivity index is 2.05. The molecule has 0 bridgehead atoms. The Kier molecular flexibility index (Phi) is 6.21. The van der Waals surface area contributed by atoms with E-state index in [9.17, 15) is 17.6 Å². The van der Waals surface area contributed by atoms with Crippen LogP contribution in [0, 0.1) is 5.82 Å². The number of nitrogens with zero attached hydrogens (tertiary/aromatic N) is 2. The van der Waals surface area contributed by atoms with Crippen molar-refractivity contribution in [3.63, 3.8) is 0 Å². The second kappa shape index (κ2) is 8.94. The van der Waals surface area contributed by atoms with Gasteiger partial charge >= 0.3 is 5.97 Å². The Morgan fingerprint density at radius 3 is 2.36 bits per heavy atom. The third-order valence-corrected chi connectivity index (χ3v) is 7.53. The maximum absolute atomic E-state index is 13.7. The monoisotopic (exact) mass is 468 g/mol. The molecule has 33 heavy (non-hydrogen) atoms. The average molecular weight is 469 g/mol.